The third-order valence-electron chi connectivity index (χ3n) is 0. The quantitative estimate of drug-likeness (QED) is 0.329. The van der Waals surface area contributed by atoms with E-state index in [0.717, 1.165) is 0 Å². The van der Waals surface area contributed by atoms with E-state index >= 15 is 0 Å². The SMILES string of the molecule is [Cl-].[Cr+2].[Cr+3].[F-]. The molecular weight excluding hydrogens is 158 g/mol. The third kappa shape index (κ3) is 10.4. The molecular formula is ClCr2F+3. The molecule has 1 radical (unpaired) electrons. The Hall–Kier alpha value is 1.28. The van der Waals surface area contributed by atoms with E-state index in [1.165, 1.54) is 0 Å². The zero-order valence-corrected chi connectivity index (χ0v) is 4.88. The van der Waals surface area contributed by atoms with Gasteiger partial charge in [0, 0.05) is 0 Å². The van der Waals surface area contributed by atoms with Crippen molar-refractivity contribution in [3.05, 3.63) is 0 Å². The van der Waals surface area contributed by atoms with Crippen LogP contribution in [-0.4, -0.2) is 0 Å². The van der Waals surface area contributed by atoms with Crippen LogP contribution in [0.4, 0.5) is 0 Å². The average Bonchev–Trinajstić information content (AvgIpc) is 0. The van der Waals surface area contributed by atoms with Gasteiger partial charge in [0.15, 0.2) is 0 Å². The van der Waals surface area contributed by atoms with Crippen molar-refractivity contribution in [3.63, 3.8) is 0 Å². The fourth-order valence-corrected chi connectivity index (χ4v) is 0. The second-order valence-electron chi connectivity index (χ2n) is 0. The molecule has 4 heavy (non-hydrogen) atoms. The molecule has 0 rings (SSSR count). The Morgan fingerprint density at radius 3 is 1.00 bits per heavy atom. The molecule has 4 heteroatoms. The maximum atomic E-state index is 0. The van der Waals surface area contributed by atoms with Gasteiger partial charge < -0.3 is 17.1 Å². The molecule has 0 unspecified atom stereocenters. The summed E-state index contributed by atoms with van der Waals surface area (Å²) in [5, 5.41) is 0. The Labute approximate surface area is 52.0 Å². The summed E-state index contributed by atoms with van der Waals surface area (Å²) in [6, 6.07) is 0. The molecule has 0 aromatic rings. The van der Waals surface area contributed by atoms with E-state index in [1.54, 1.807) is 0 Å². The summed E-state index contributed by atoms with van der Waals surface area (Å²) >= 11 is 0. The largest absolute Gasteiger partial charge is 3.00 e. The first-order valence-electron chi connectivity index (χ1n) is 0. The van der Waals surface area contributed by atoms with Crippen molar-refractivity contribution in [3.8, 4) is 0 Å². The van der Waals surface area contributed by atoms with E-state index in [4.69, 9.17) is 0 Å². The van der Waals surface area contributed by atoms with Crippen LogP contribution in [0.1, 0.15) is 0 Å². The number of halogens is 2. The average molecular weight is 158 g/mol. The van der Waals surface area contributed by atoms with Crippen LogP contribution in [0.15, 0.2) is 0 Å². The summed E-state index contributed by atoms with van der Waals surface area (Å²) in [5.74, 6) is 0. The van der Waals surface area contributed by atoms with Gasteiger partial charge >= 0.3 is 34.7 Å². The van der Waals surface area contributed by atoms with E-state index in [2.05, 4.69) is 0 Å². The second kappa shape index (κ2) is 28.0. The summed E-state index contributed by atoms with van der Waals surface area (Å²) in [5.41, 5.74) is 0. The van der Waals surface area contributed by atoms with Gasteiger partial charge in [-0.25, -0.2) is 0 Å². The molecule has 0 fully saturated rings. The minimum atomic E-state index is 0. The van der Waals surface area contributed by atoms with Gasteiger partial charge in [-0.3, -0.25) is 0 Å². The second-order valence-corrected chi connectivity index (χ2v) is 0. The van der Waals surface area contributed by atoms with Gasteiger partial charge in [-0.15, -0.1) is 0 Å². The van der Waals surface area contributed by atoms with Crippen LogP contribution in [0, 0.1) is 0 Å². The van der Waals surface area contributed by atoms with Crippen LogP contribution >= 0.6 is 0 Å². The smallest absolute Gasteiger partial charge is 1.00 e. The van der Waals surface area contributed by atoms with Crippen molar-refractivity contribution >= 4 is 0 Å². The van der Waals surface area contributed by atoms with Gasteiger partial charge in [-0.1, -0.05) is 0 Å². The van der Waals surface area contributed by atoms with Crippen molar-refractivity contribution in [1.82, 2.24) is 0 Å². The zero-order chi connectivity index (χ0) is 0. The van der Waals surface area contributed by atoms with E-state index in [1.807, 2.05) is 0 Å². The van der Waals surface area contributed by atoms with Crippen LogP contribution in [0.3, 0.4) is 0 Å². The molecule has 0 N–H and O–H groups in total. The molecule has 0 saturated heterocycles. The van der Waals surface area contributed by atoms with Gasteiger partial charge in [-0.05, 0) is 0 Å². The molecule has 0 aromatic heterocycles. The molecule has 0 aromatic carbocycles. The maximum absolute atomic E-state index is 0. The van der Waals surface area contributed by atoms with E-state index < -0.39 is 0 Å². The normalized spacial score (nSPS) is 0. The van der Waals surface area contributed by atoms with Gasteiger partial charge in [0.25, 0.3) is 0 Å². The molecule has 0 atom stereocenters. The van der Waals surface area contributed by atoms with E-state index in [-0.39, 0.29) is 51.8 Å². The summed E-state index contributed by atoms with van der Waals surface area (Å²) in [4.78, 5) is 0. The molecule has 0 aliphatic rings. The van der Waals surface area contributed by atoms with E-state index in [9.17, 15) is 0 Å². The molecule has 23 valence electrons. The Morgan fingerprint density at radius 1 is 1.00 bits per heavy atom. The van der Waals surface area contributed by atoms with Crippen LogP contribution in [0.5, 0.6) is 0 Å². The standard InChI is InChI=1S/ClH.2Cr.FH/h1H;;;1H/q;+2;+3;/p-2. The predicted octanol–water partition coefficient (Wildman–Crippen LogP) is -6.00. The number of hydrogen-bond acceptors (Lipinski definition) is 0. The first-order valence-corrected chi connectivity index (χ1v) is 0. The van der Waals surface area contributed by atoms with Gasteiger partial charge in [-0.2, -0.15) is 0 Å². The summed E-state index contributed by atoms with van der Waals surface area (Å²) in [6.07, 6.45) is 0. The minimum absolute atomic E-state index is 0. The molecule has 0 bridgehead atoms. The Morgan fingerprint density at radius 2 is 1.00 bits per heavy atom. The first kappa shape index (κ1) is 58.8. The van der Waals surface area contributed by atoms with Crippen molar-refractivity contribution < 1.29 is 51.8 Å². The van der Waals surface area contributed by atoms with Crippen LogP contribution in [0.25, 0.3) is 0 Å². The predicted molar refractivity (Wildman–Crippen MR) is 0 cm³/mol. The van der Waals surface area contributed by atoms with Crippen LogP contribution in [0.2, 0.25) is 0 Å². The van der Waals surface area contributed by atoms with Crippen molar-refractivity contribution in [1.29, 1.82) is 0 Å². The summed E-state index contributed by atoms with van der Waals surface area (Å²) in [7, 11) is 0. The molecule has 0 aliphatic heterocycles. The third-order valence-corrected chi connectivity index (χ3v) is 0. The van der Waals surface area contributed by atoms with Gasteiger partial charge in [0.2, 0.25) is 0 Å². The monoisotopic (exact) mass is 158 g/mol. The Kier molecular flexibility index (Phi) is 411. The van der Waals surface area contributed by atoms with E-state index in [0.29, 0.717) is 0 Å². The fraction of sp³-hybridized carbons (Fsp3) is 0. The fourth-order valence-electron chi connectivity index (χ4n) is 0. The van der Waals surface area contributed by atoms with Gasteiger partial charge in [0.1, 0.15) is 0 Å². The Bertz CT molecular complexity index is 6.00. The first-order chi connectivity index (χ1) is 0. The van der Waals surface area contributed by atoms with Crippen molar-refractivity contribution in [2.45, 2.75) is 0 Å². The van der Waals surface area contributed by atoms with Crippen LogP contribution in [-0.2, 0) is 34.7 Å². The molecule has 0 nitrogen and oxygen atoms in total. The molecule has 0 saturated carbocycles. The topological polar surface area (TPSA) is 0 Å². The molecule has 0 aliphatic carbocycles. The minimum Gasteiger partial charge on any atom is -1.00 e. The molecule has 0 amide bonds. The maximum Gasteiger partial charge on any atom is 3.00 e. The number of rotatable bonds is 0. The zero-order valence-electron chi connectivity index (χ0n) is 1.57. The molecule has 0 spiro atoms. The summed E-state index contributed by atoms with van der Waals surface area (Å²) in [6.45, 7) is 0. The number of hydrogen-bond donors (Lipinski definition) is 0. The molecule has 0 heterocycles. The van der Waals surface area contributed by atoms with Crippen LogP contribution < -0.4 is 17.1 Å². The summed E-state index contributed by atoms with van der Waals surface area (Å²) < 4.78 is 0. The van der Waals surface area contributed by atoms with Crippen molar-refractivity contribution in [2.24, 2.45) is 0 Å². The Balaban J connectivity index is 0. The van der Waals surface area contributed by atoms with Crippen molar-refractivity contribution in [2.75, 3.05) is 0 Å². The van der Waals surface area contributed by atoms with Gasteiger partial charge in [0.05, 0.1) is 0 Å².